The van der Waals surface area contributed by atoms with Gasteiger partial charge in [0.05, 0.1) is 12.2 Å². The molecule has 3 aromatic heterocycles. The zero-order chi connectivity index (χ0) is 27.4. The molecule has 206 valence electrons. The molecule has 4 aromatic rings. The van der Waals surface area contributed by atoms with Gasteiger partial charge in [0.25, 0.3) is 5.56 Å². The number of hydrogen-bond donors (Lipinski definition) is 2. The van der Waals surface area contributed by atoms with Gasteiger partial charge in [-0.15, -0.1) is 0 Å². The van der Waals surface area contributed by atoms with Crippen molar-refractivity contribution >= 4 is 28.4 Å². The summed E-state index contributed by atoms with van der Waals surface area (Å²) < 4.78 is 3.34. The number of anilines is 3. The van der Waals surface area contributed by atoms with Crippen LogP contribution in [0.4, 0.5) is 17.3 Å². The van der Waals surface area contributed by atoms with Gasteiger partial charge in [0.15, 0.2) is 11.5 Å². The predicted octanol–water partition coefficient (Wildman–Crippen LogP) is 3.28. The van der Waals surface area contributed by atoms with E-state index in [2.05, 4.69) is 51.4 Å². The lowest BCUT2D eigenvalue weighted by atomic mass is 9.95. The Kier molecular flexibility index (Phi) is 5.97. The van der Waals surface area contributed by atoms with Gasteiger partial charge in [-0.2, -0.15) is 4.98 Å². The second kappa shape index (κ2) is 9.57. The normalized spacial score (nSPS) is 25.4. The fourth-order valence-corrected chi connectivity index (χ4v) is 6.44. The highest BCUT2D eigenvalue weighted by molar-refractivity contribution is 5.77. The summed E-state index contributed by atoms with van der Waals surface area (Å²) in [6.07, 6.45) is 6.73. The molecule has 6 heterocycles. The van der Waals surface area contributed by atoms with Gasteiger partial charge in [0.2, 0.25) is 5.95 Å². The quantitative estimate of drug-likeness (QED) is 0.383. The van der Waals surface area contributed by atoms with Crippen LogP contribution in [0.25, 0.3) is 16.9 Å². The molecule has 0 spiro atoms. The SMILES string of the molecule is CN1CC2CN(c3ccc(Nc4ncc5c(=O)n6n(c5n4)-c4cccc(n4)C(C)(O)CC/C=C\C6)cc3)CC2C1. The van der Waals surface area contributed by atoms with Crippen LogP contribution in [-0.4, -0.2) is 67.5 Å². The van der Waals surface area contributed by atoms with E-state index in [-0.39, 0.29) is 5.56 Å². The maximum Gasteiger partial charge on any atom is 0.278 e. The van der Waals surface area contributed by atoms with Crippen molar-refractivity contribution in [1.29, 1.82) is 0 Å². The first-order valence-electron chi connectivity index (χ1n) is 14.0. The minimum atomic E-state index is -1.09. The van der Waals surface area contributed by atoms with Gasteiger partial charge in [-0.25, -0.2) is 19.3 Å². The number of rotatable bonds is 3. The van der Waals surface area contributed by atoms with Gasteiger partial charge in [0.1, 0.15) is 11.0 Å². The van der Waals surface area contributed by atoms with E-state index in [1.807, 2.05) is 30.4 Å². The van der Waals surface area contributed by atoms with Crippen LogP contribution in [0.2, 0.25) is 0 Å². The molecule has 0 aliphatic carbocycles. The van der Waals surface area contributed by atoms with Crippen LogP contribution < -0.4 is 15.8 Å². The van der Waals surface area contributed by atoms with E-state index in [4.69, 9.17) is 9.97 Å². The van der Waals surface area contributed by atoms with Crippen LogP contribution in [0, 0.1) is 11.8 Å². The Labute approximate surface area is 232 Å². The maximum absolute atomic E-state index is 13.4. The summed E-state index contributed by atoms with van der Waals surface area (Å²) in [5, 5.41) is 14.8. The molecule has 40 heavy (non-hydrogen) atoms. The highest BCUT2D eigenvalue weighted by Gasteiger charge is 2.38. The van der Waals surface area contributed by atoms with Gasteiger partial charge in [-0.1, -0.05) is 18.2 Å². The van der Waals surface area contributed by atoms with Gasteiger partial charge in [-0.05, 0) is 75.0 Å². The van der Waals surface area contributed by atoms with Crippen LogP contribution in [0.5, 0.6) is 0 Å². The molecule has 3 unspecified atom stereocenters. The second-order valence-corrected chi connectivity index (χ2v) is 11.6. The lowest BCUT2D eigenvalue weighted by Gasteiger charge is -2.22. The topological polar surface area (TPSA) is 104 Å². The number of nitrogens with zero attached hydrogens (tertiary/aromatic N) is 7. The number of nitrogens with one attached hydrogen (secondary N) is 1. The Balaban J connectivity index is 1.20. The van der Waals surface area contributed by atoms with Gasteiger partial charge >= 0.3 is 0 Å². The van der Waals surface area contributed by atoms with E-state index in [0.717, 1.165) is 30.6 Å². The molecular formula is C30H34N8O2. The lowest BCUT2D eigenvalue weighted by Crippen LogP contribution is -2.26. The molecule has 7 rings (SSSR count). The minimum Gasteiger partial charge on any atom is -0.384 e. The van der Waals surface area contributed by atoms with Gasteiger partial charge in [-0.3, -0.25) is 4.79 Å². The van der Waals surface area contributed by atoms with Crippen molar-refractivity contribution in [3.8, 4) is 5.82 Å². The number of benzene rings is 1. The van der Waals surface area contributed by atoms with Crippen LogP contribution in [-0.2, 0) is 12.1 Å². The standard InChI is InChI=1S/C30H34N8O2/c1-30(40)13-4-3-5-14-37-28(39)24-15-31-29(34-27(24)38(37)26-8-6-7-25(30)33-26)32-22-9-11-23(12-10-22)36-18-20-16-35(2)17-21(20)19-36/h3,5-12,15,20-21,40H,4,13-14,16-19H2,1-2H3,(H,31,32,34)/b5-3-. The number of aromatic nitrogens is 5. The van der Waals surface area contributed by atoms with E-state index in [1.54, 1.807) is 22.5 Å². The molecule has 0 saturated carbocycles. The Bertz CT molecular complexity index is 1640. The first-order valence-corrected chi connectivity index (χ1v) is 14.0. The average molecular weight is 539 g/mol. The molecule has 2 saturated heterocycles. The third kappa shape index (κ3) is 4.37. The number of pyridine rings is 1. The highest BCUT2D eigenvalue weighted by Crippen LogP contribution is 2.34. The van der Waals surface area contributed by atoms with Crippen molar-refractivity contribution in [2.75, 3.05) is 43.4 Å². The summed E-state index contributed by atoms with van der Waals surface area (Å²) >= 11 is 0. The largest absolute Gasteiger partial charge is 0.384 e. The zero-order valence-electron chi connectivity index (χ0n) is 22.9. The number of aliphatic hydroxyl groups is 1. The summed E-state index contributed by atoms with van der Waals surface area (Å²) in [7, 11) is 2.21. The zero-order valence-corrected chi connectivity index (χ0v) is 22.9. The molecule has 2 N–H and O–H groups in total. The van der Waals surface area contributed by atoms with E-state index in [1.165, 1.54) is 18.8 Å². The van der Waals surface area contributed by atoms with Gasteiger partial charge in [0, 0.05) is 43.8 Å². The molecule has 2 bridgehead atoms. The first-order chi connectivity index (χ1) is 19.4. The Morgan fingerprint density at radius 2 is 1.77 bits per heavy atom. The van der Waals surface area contributed by atoms with Crippen LogP contribution in [0.15, 0.2) is 65.6 Å². The monoisotopic (exact) mass is 538 g/mol. The molecule has 3 atom stereocenters. The third-order valence-corrected chi connectivity index (χ3v) is 8.58. The number of allylic oxidation sites excluding steroid dienone is 2. The Morgan fingerprint density at radius 1 is 1.00 bits per heavy atom. The predicted molar refractivity (Wildman–Crippen MR) is 155 cm³/mol. The van der Waals surface area contributed by atoms with Crippen LogP contribution >= 0.6 is 0 Å². The van der Waals surface area contributed by atoms with E-state index in [0.29, 0.717) is 47.9 Å². The molecule has 10 nitrogen and oxygen atoms in total. The molecule has 3 aliphatic rings. The lowest BCUT2D eigenvalue weighted by molar-refractivity contribution is 0.0443. The minimum absolute atomic E-state index is 0.185. The van der Waals surface area contributed by atoms with Crippen LogP contribution in [0.1, 0.15) is 25.5 Å². The third-order valence-electron chi connectivity index (χ3n) is 8.58. The van der Waals surface area contributed by atoms with E-state index >= 15 is 0 Å². The molecular weight excluding hydrogens is 504 g/mol. The van der Waals surface area contributed by atoms with E-state index in [9.17, 15) is 9.90 Å². The summed E-state index contributed by atoms with van der Waals surface area (Å²) in [6.45, 7) is 6.72. The summed E-state index contributed by atoms with van der Waals surface area (Å²) in [4.78, 5) is 32.3. The first kappa shape index (κ1) is 25.0. The summed E-state index contributed by atoms with van der Waals surface area (Å²) in [6, 6.07) is 13.9. The molecule has 1 aromatic carbocycles. The van der Waals surface area contributed by atoms with Crippen molar-refractivity contribution < 1.29 is 5.11 Å². The highest BCUT2D eigenvalue weighted by atomic mass is 16.3. The summed E-state index contributed by atoms with van der Waals surface area (Å²) in [5.41, 5.74) is 1.86. The Morgan fingerprint density at radius 3 is 2.55 bits per heavy atom. The molecule has 2 fully saturated rings. The fraction of sp³-hybridized carbons (Fsp3) is 0.400. The molecule has 3 aliphatic heterocycles. The van der Waals surface area contributed by atoms with E-state index < -0.39 is 5.60 Å². The fourth-order valence-electron chi connectivity index (χ4n) is 6.44. The van der Waals surface area contributed by atoms with Crippen LogP contribution in [0.3, 0.4) is 0 Å². The Hall–Kier alpha value is -4.02. The van der Waals surface area contributed by atoms with Crippen molar-refractivity contribution in [1.82, 2.24) is 29.2 Å². The molecule has 10 heteroatoms. The van der Waals surface area contributed by atoms with Crippen molar-refractivity contribution in [2.45, 2.75) is 31.9 Å². The summed E-state index contributed by atoms with van der Waals surface area (Å²) in [5.74, 6) is 2.43. The number of hydrogen-bond acceptors (Lipinski definition) is 8. The smallest absolute Gasteiger partial charge is 0.278 e. The second-order valence-electron chi connectivity index (χ2n) is 11.6. The number of fused-ring (bicyclic) bond motifs is 7. The number of likely N-dealkylation sites (tertiary alicyclic amines) is 1. The maximum atomic E-state index is 13.4. The van der Waals surface area contributed by atoms with Crippen molar-refractivity contribution in [2.24, 2.45) is 11.8 Å². The average Bonchev–Trinajstić information content (AvgIpc) is 3.57. The molecule has 0 radical (unpaired) electrons. The van der Waals surface area contributed by atoms with Gasteiger partial charge < -0.3 is 20.2 Å². The molecule has 0 amide bonds. The van der Waals surface area contributed by atoms with Crippen molar-refractivity contribution in [3.63, 3.8) is 0 Å². The van der Waals surface area contributed by atoms with Crippen molar-refractivity contribution in [3.05, 3.63) is 76.9 Å².